The number of hydrogen-bond acceptors (Lipinski definition) is 5. The monoisotopic (exact) mass is 451 g/mol. The third-order valence-corrected chi connectivity index (χ3v) is 6.20. The lowest BCUT2D eigenvalue weighted by Crippen LogP contribution is -2.52. The average molecular weight is 452 g/mol. The van der Waals surface area contributed by atoms with Gasteiger partial charge in [-0.05, 0) is 36.2 Å². The quantitative estimate of drug-likeness (QED) is 0.453. The molecule has 0 radical (unpaired) electrons. The van der Waals surface area contributed by atoms with E-state index in [0.29, 0.717) is 19.5 Å². The number of carboxylic acids is 1. The molecule has 2 aromatic rings. The molecule has 30 heavy (non-hydrogen) atoms. The van der Waals surface area contributed by atoms with E-state index >= 15 is 0 Å². The van der Waals surface area contributed by atoms with Crippen molar-refractivity contribution in [2.45, 2.75) is 64.7 Å². The second-order valence-electron chi connectivity index (χ2n) is 7.16. The fourth-order valence-electron chi connectivity index (χ4n) is 3.02. The number of carbonyl (C=O) groups excluding carboxylic acids is 2. The summed E-state index contributed by atoms with van der Waals surface area (Å²) in [6.07, 6.45) is 2.05. The lowest BCUT2D eigenvalue weighted by molar-refractivity contribution is -0.137. The van der Waals surface area contributed by atoms with Gasteiger partial charge in [0.25, 0.3) is 0 Å². The molecule has 0 aromatic carbocycles. The number of unbranched alkanes of at least 4 members (excludes halogenated alkanes) is 1. The summed E-state index contributed by atoms with van der Waals surface area (Å²) in [5.41, 5.74) is 0. The molecule has 2 rings (SSSR count). The third-order valence-electron chi connectivity index (χ3n) is 4.47. The van der Waals surface area contributed by atoms with E-state index in [2.05, 4.69) is 10.6 Å². The van der Waals surface area contributed by atoms with Crippen molar-refractivity contribution >= 4 is 40.6 Å². The van der Waals surface area contributed by atoms with Gasteiger partial charge in [0.2, 0.25) is 5.91 Å². The molecule has 0 aliphatic carbocycles. The van der Waals surface area contributed by atoms with Crippen molar-refractivity contribution in [3.8, 4) is 0 Å². The Morgan fingerprint density at radius 3 is 2.13 bits per heavy atom. The number of nitrogens with one attached hydrogen (secondary N) is 2. The molecular weight excluding hydrogens is 422 g/mol. The van der Waals surface area contributed by atoms with Gasteiger partial charge in [0.1, 0.15) is 6.04 Å². The largest absolute Gasteiger partial charge is 0.481 e. The van der Waals surface area contributed by atoms with Crippen LogP contribution in [-0.2, 0) is 22.7 Å². The Hall–Kier alpha value is -2.39. The Kier molecular flexibility index (Phi) is 9.82. The molecule has 2 aromatic heterocycles. The molecule has 0 saturated heterocycles. The van der Waals surface area contributed by atoms with Crippen LogP contribution in [0.15, 0.2) is 35.0 Å². The van der Waals surface area contributed by atoms with Crippen LogP contribution >= 0.6 is 22.7 Å². The fourth-order valence-corrected chi connectivity index (χ4v) is 4.45. The summed E-state index contributed by atoms with van der Waals surface area (Å²) >= 11 is 3.19. The highest BCUT2D eigenvalue weighted by atomic mass is 32.1. The van der Waals surface area contributed by atoms with Gasteiger partial charge in [-0.2, -0.15) is 0 Å². The fraction of sp³-hybridized carbons (Fsp3) is 0.476. The number of carbonyl (C=O) groups is 3. The predicted molar refractivity (Wildman–Crippen MR) is 120 cm³/mol. The average Bonchev–Trinajstić information content (AvgIpc) is 3.37. The van der Waals surface area contributed by atoms with Gasteiger partial charge in [-0.25, -0.2) is 4.79 Å². The minimum atomic E-state index is -0.987. The van der Waals surface area contributed by atoms with Crippen molar-refractivity contribution in [3.05, 3.63) is 44.8 Å². The second kappa shape index (κ2) is 12.3. The minimum absolute atomic E-state index is 0.133. The Morgan fingerprint density at radius 2 is 1.67 bits per heavy atom. The Morgan fingerprint density at radius 1 is 1.07 bits per heavy atom. The summed E-state index contributed by atoms with van der Waals surface area (Å²) in [7, 11) is 0. The maximum absolute atomic E-state index is 13.4. The van der Waals surface area contributed by atoms with Crippen molar-refractivity contribution in [1.82, 2.24) is 15.5 Å². The first-order chi connectivity index (χ1) is 14.4. The lowest BCUT2D eigenvalue weighted by atomic mass is 10.1. The number of nitrogens with zero attached hydrogens (tertiary/aromatic N) is 1. The molecule has 0 saturated carbocycles. The van der Waals surface area contributed by atoms with Crippen LogP contribution in [0, 0.1) is 0 Å². The number of rotatable bonds is 12. The molecular formula is C21H29N3O4S2. The summed E-state index contributed by atoms with van der Waals surface area (Å²) in [4.78, 5) is 40.5. The number of carboxylic acid groups (broad SMARTS) is 1. The topological polar surface area (TPSA) is 98.7 Å². The van der Waals surface area contributed by atoms with Crippen LogP contribution in [0.4, 0.5) is 4.79 Å². The predicted octanol–water partition coefficient (Wildman–Crippen LogP) is 4.06. The second-order valence-corrected chi connectivity index (χ2v) is 9.23. The van der Waals surface area contributed by atoms with Crippen LogP contribution < -0.4 is 10.6 Å². The smallest absolute Gasteiger partial charge is 0.315 e. The normalized spacial score (nSPS) is 12.7. The molecule has 0 fully saturated rings. The van der Waals surface area contributed by atoms with Gasteiger partial charge >= 0.3 is 12.0 Å². The summed E-state index contributed by atoms with van der Waals surface area (Å²) in [6.45, 7) is 4.62. The molecule has 3 amide bonds. The van der Waals surface area contributed by atoms with Gasteiger partial charge in [0.15, 0.2) is 0 Å². The van der Waals surface area contributed by atoms with E-state index in [9.17, 15) is 14.4 Å². The van der Waals surface area contributed by atoms with Gasteiger partial charge in [0, 0.05) is 15.8 Å². The standard InChI is InChI=1S/C21H29N3O4S2/c1-3-4-9-18(23-21(28)22-15(2)12-19(25)26)20(27)24(13-16-7-5-10-29-16)14-17-8-6-11-30-17/h5-8,10-11,15,18H,3-4,9,12-14H2,1-2H3,(H,25,26)(H2,22,23,28)/t15?,18-/m0/s1. The Balaban J connectivity index is 2.10. The maximum atomic E-state index is 13.4. The van der Waals surface area contributed by atoms with Gasteiger partial charge in [0.05, 0.1) is 19.5 Å². The van der Waals surface area contributed by atoms with E-state index in [1.54, 1.807) is 34.5 Å². The minimum Gasteiger partial charge on any atom is -0.481 e. The first-order valence-corrected chi connectivity index (χ1v) is 11.8. The zero-order valence-electron chi connectivity index (χ0n) is 17.3. The zero-order valence-corrected chi connectivity index (χ0v) is 18.9. The number of aliphatic carboxylic acids is 1. The number of urea groups is 1. The molecule has 9 heteroatoms. The molecule has 3 N–H and O–H groups in total. The zero-order chi connectivity index (χ0) is 21.9. The number of hydrogen-bond donors (Lipinski definition) is 3. The van der Waals surface area contributed by atoms with Gasteiger partial charge < -0.3 is 20.6 Å². The molecule has 2 heterocycles. The van der Waals surface area contributed by atoms with Crippen LogP contribution in [-0.4, -0.2) is 40.0 Å². The summed E-state index contributed by atoms with van der Waals surface area (Å²) in [6, 6.07) is 6.18. The highest BCUT2D eigenvalue weighted by Gasteiger charge is 2.27. The molecule has 0 aliphatic heterocycles. The number of amides is 3. The molecule has 2 atom stereocenters. The van der Waals surface area contributed by atoms with Crippen LogP contribution in [0.3, 0.4) is 0 Å². The molecule has 1 unspecified atom stereocenters. The van der Waals surface area contributed by atoms with E-state index in [-0.39, 0.29) is 12.3 Å². The van der Waals surface area contributed by atoms with E-state index in [1.807, 2.05) is 41.9 Å². The van der Waals surface area contributed by atoms with Crippen LogP contribution in [0.5, 0.6) is 0 Å². The van der Waals surface area contributed by atoms with E-state index < -0.39 is 24.1 Å². The Labute approximate surface area is 185 Å². The van der Waals surface area contributed by atoms with Gasteiger partial charge in [-0.3, -0.25) is 9.59 Å². The first kappa shape index (κ1) is 23.9. The van der Waals surface area contributed by atoms with Crippen molar-refractivity contribution in [3.63, 3.8) is 0 Å². The summed E-state index contributed by atoms with van der Waals surface area (Å²) < 4.78 is 0. The van der Waals surface area contributed by atoms with Crippen molar-refractivity contribution in [1.29, 1.82) is 0 Å². The van der Waals surface area contributed by atoms with Crippen LogP contribution in [0.25, 0.3) is 0 Å². The van der Waals surface area contributed by atoms with Crippen molar-refractivity contribution < 1.29 is 19.5 Å². The SMILES string of the molecule is CCCC[C@H](NC(=O)NC(C)CC(=O)O)C(=O)N(Cc1cccs1)Cc1cccs1. The maximum Gasteiger partial charge on any atom is 0.315 e. The highest BCUT2D eigenvalue weighted by molar-refractivity contribution is 7.10. The molecule has 0 bridgehead atoms. The van der Waals surface area contributed by atoms with E-state index in [4.69, 9.17) is 5.11 Å². The molecule has 0 spiro atoms. The molecule has 0 aliphatic rings. The van der Waals surface area contributed by atoms with Gasteiger partial charge in [-0.15, -0.1) is 22.7 Å². The van der Waals surface area contributed by atoms with Crippen molar-refractivity contribution in [2.75, 3.05) is 0 Å². The Bertz CT molecular complexity index is 757. The third kappa shape index (κ3) is 8.16. The summed E-state index contributed by atoms with van der Waals surface area (Å²) in [5.74, 6) is -1.12. The first-order valence-electron chi connectivity index (χ1n) is 10.0. The molecule has 164 valence electrons. The number of thiophene rings is 2. The molecule has 7 nitrogen and oxygen atoms in total. The van der Waals surface area contributed by atoms with E-state index in [0.717, 1.165) is 22.6 Å². The van der Waals surface area contributed by atoms with Crippen LogP contribution in [0.1, 0.15) is 49.3 Å². The highest BCUT2D eigenvalue weighted by Crippen LogP contribution is 2.19. The van der Waals surface area contributed by atoms with E-state index in [1.165, 1.54) is 0 Å². The van der Waals surface area contributed by atoms with Gasteiger partial charge in [-0.1, -0.05) is 31.9 Å². The lowest BCUT2D eigenvalue weighted by Gasteiger charge is -2.28. The summed E-state index contributed by atoms with van der Waals surface area (Å²) in [5, 5.41) is 18.2. The van der Waals surface area contributed by atoms with Crippen molar-refractivity contribution in [2.24, 2.45) is 0 Å². The van der Waals surface area contributed by atoms with Crippen LogP contribution in [0.2, 0.25) is 0 Å².